The van der Waals surface area contributed by atoms with Crippen LogP contribution >= 0.6 is 0 Å². The molecule has 0 saturated heterocycles. The molecule has 0 N–H and O–H groups in total. The minimum atomic E-state index is -0.268. The van der Waals surface area contributed by atoms with E-state index in [4.69, 9.17) is 0 Å². The standard InChI is InChI=1S/C8H14O/c1-4-5-6-8(2,3)7-9/h5-7H,4H2,1-3H3/b6-5+. The van der Waals surface area contributed by atoms with Crippen molar-refractivity contribution < 1.29 is 4.79 Å². The Balaban J connectivity index is 3.84. The van der Waals surface area contributed by atoms with Gasteiger partial charge in [-0.1, -0.05) is 19.1 Å². The summed E-state index contributed by atoms with van der Waals surface area (Å²) in [6.07, 6.45) is 5.89. The van der Waals surface area contributed by atoms with E-state index in [1.165, 1.54) is 0 Å². The summed E-state index contributed by atoms with van der Waals surface area (Å²) in [5, 5.41) is 0. The largest absolute Gasteiger partial charge is 0.302 e. The first kappa shape index (κ1) is 8.41. The Kier molecular flexibility index (Phi) is 3.21. The number of carbonyl (C=O) groups is 1. The summed E-state index contributed by atoms with van der Waals surface area (Å²) >= 11 is 0. The third kappa shape index (κ3) is 3.95. The molecule has 52 valence electrons. The van der Waals surface area contributed by atoms with Crippen LogP contribution in [0.25, 0.3) is 0 Å². The van der Waals surface area contributed by atoms with Crippen LogP contribution < -0.4 is 0 Å². The summed E-state index contributed by atoms with van der Waals surface area (Å²) in [4.78, 5) is 10.3. The Labute approximate surface area is 56.8 Å². The lowest BCUT2D eigenvalue weighted by atomic mass is 9.95. The van der Waals surface area contributed by atoms with Crippen LogP contribution in [0.15, 0.2) is 12.2 Å². The first-order chi connectivity index (χ1) is 4.12. The first-order valence-electron chi connectivity index (χ1n) is 3.26. The van der Waals surface area contributed by atoms with Crippen molar-refractivity contribution in [3.8, 4) is 0 Å². The van der Waals surface area contributed by atoms with Crippen molar-refractivity contribution in [1.82, 2.24) is 0 Å². The molecule has 0 heterocycles. The van der Waals surface area contributed by atoms with Gasteiger partial charge in [-0.05, 0) is 20.3 Å². The van der Waals surface area contributed by atoms with Crippen molar-refractivity contribution in [2.24, 2.45) is 5.41 Å². The lowest BCUT2D eigenvalue weighted by Gasteiger charge is -2.08. The molecule has 0 aliphatic rings. The van der Waals surface area contributed by atoms with Crippen molar-refractivity contribution in [2.45, 2.75) is 27.2 Å². The molecule has 0 rings (SSSR count). The van der Waals surface area contributed by atoms with Crippen LogP contribution in [-0.2, 0) is 4.79 Å². The van der Waals surface area contributed by atoms with Gasteiger partial charge in [-0.15, -0.1) is 0 Å². The van der Waals surface area contributed by atoms with E-state index in [2.05, 4.69) is 6.92 Å². The van der Waals surface area contributed by atoms with Crippen molar-refractivity contribution in [3.05, 3.63) is 12.2 Å². The van der Waals surface area contributed by atoms with Crippen LogP contribution in [0.1, 0.15) is 27.2 Å². The highest BCUT2D eigenvalue weighted by Crippen LogP contribution is 2.12. The van der Waals surface area contributed by atoms with Crippen LogP contribution in [-0.4, -0.2) is 6.29 Å². The van der Waals surface area contributed by atoms with Gasteiger partial charge in [0.15, 0.2) is 0 Å². The lowest BCUT2D eigenvalue weighted by molar-refractivity contribution is -0.112. The molecule has 0 fully saturated rings. The Morgan fingerprint density at radius 3 is 2.33 bits per heavy atom. The molecule has 0 aromatic heterocycles. The van der Waals surface area contributed by atoms with Gasteiger partial charge in [0.05, 0.1) is 0 Å². The third-order valence-corrected chi connectivity index (χ3v) is 1.09. The molecule has 9 heavy (non-hydrogen) atoms. The van der Waals surface area contributed by atoms with Gasteiger partial charge in [0.25, 0.3) is 0 Å². The van der Waals surface area contributed by atoms with Crippen molar-refractivity contribution >= 4 is 6.29 Å². The van der Waals surface area contributed by atoms with E-state index < -0.39 is 0 Å². The molecule has 0 amide bonds. The maximum absolute atomic E-state index is 10.3. The number of aldehydes is 1. The number of carbonyl (C=O) groups excluding carboxylic acids is 1. The molecule has 1 heteroatoms. The fraction of sp³-hybridized carbons (Fsp3) is 0.625. The van der Waals surface area contributed by atoms with E-state index in [0.29, 0.717) is 0 Å². The van der Waals surface area contributed by atoms with Gasteiger partial charge >= 0.3 is 0 Å². The average Bonchev–Trinajstić information content (AvgIpc) is 1.84. The predicted molar refractivity (Wildman–Crippen MR) is 39.3 cm³/mol. The number of rotatable bonds is 3. The highest BCUT2D eigenvalue weighted by atomic mass is 16.1. The zero-order valence-corrected chi connectivity index (χ0v) is 6.35. The summed E-state index contributed by atoms with van der Waals surface area (Å²) < 4.78 is 0. The molecule has 0 saturated carbocycles. The summed E-state index contributed by atoms with van der Waals surface area (Å²) in [5.41, 5.74) is -0.268. The SMILES string of the molecule is CC/C=C/C(C)(C)C=O. The Morgan fingerprint density at radius 2 is 2.00 bits per heavy atom. The second-order valence-corrected chi connectivity index (χ2v) is 2.75. The maximum Gasteiger partial charge on any atom is 0.129 e. The molecule has 0 aromatic rings. The molecular formula is C8H14O. The zero-order valence-electron chi connectivity index (χ0n) is 6.35. The van der Waals surface area contributed by atoms with E-state index in [-0.39, 0.29) is 5.41 Å². The van der Waals surface area contributed by atoms with Gasteiger partial charge < -0.3 is 4.79 Å². The lowest BCUT2D eigenvalue weighted by Crippen LogP contribution is -2.07. The van der Waals surface area contributed by atoms with Crippen LogP contribution in [0.3, 0.4) is 0 Å². The summed E-state index contributed by atoms with van der Waals surface area (Å²) in [6.45, 7) is 5.84. The molecule has 0 atom stereocenters. The summed E-state index contributed by atoms with van der Waals surface area (Å²) in [6, 6.07) is 0. The van der Waals surface area contributed by atoms with Gasteiger partial charge in [-0.2, -0.15) is 0 Å². The predicted octanol–water partition coefficient (Wildman–Crippen LogP) is 2.18. The van der Waals surface area contributed by atoms with Crippen LogP contribution in [0.4, 0.5) is 0 Å². The van der Waals surface area contributed by atoms with Crippen molar-refractivity contribution in [1.29, 1.82) is 0 Å². The first-order valence-corrected chi connectivity index (χ1v) is 3.26. The second kappa shape index (κ2) is 3.44. The molecule has 0 aliphatic carbocycles. The molecule has 0 unspecified atom stereocenters. The van der Waals surface area contributed by atoms with Crippen molar-refractivity contribution in [2.75, 3.05) is 0 Å². The van der Waals surface area contributed by atoms with Crippen molar-refractivity contribution in [3.63, 3.8) is 0 Å². The van der Waals surface area contributed by atoms with Gasteiger partial charge in [-0.3, -0.25) is 0 Å². The van der Waals surface area contributed by atoms with E-state index in [1.54, 1.807) is 0 Å². The third-order valence-electron chi connectivity index (χ3n) is 1.09. The van der Waals surface area contributed by atoms with Gasteiger partial charge in [0, 0.05) is 5.41 Å². The molecule has 0 spiro atoms. The molecule has 0 aromatic carbocycles. The number of hydrogen-bond donors (Lipinski definition) is 0. The fourth-order valence-corrected chi connectivity index (χ4v) is 0.461. The second-order valence-electron chi connectivity index (χ2n) is 2.75. The van der Waals surface area contributed by atoms with E-state index in [9.17, 15) is 4.79 Å². The quantitative estimate of drug-likeness (QED) is 0.418. The number of hydrogen-bond acceptors (Lipinski definition) is 1. The molecule has 0 radical (unpaired) electrons. The molecule has 0 aliphatic heterocycles. The van der Waals surface area contributed by atoms with Crippen LogP contribution in [0, 0.1) is 5.41 Å². The monoisotopic (exact) mass is 126 g/mol. The normalized spacial score (nSPS) is 12.3. The average molecular weight is 126 g/mol. The Hall–Kier alpha value is -0.590. The minimum Gasteiger partial charge on any atom is -0.302 e. The van der Waals surface area contributed by atoms with Crippen LogP contribution in [0.5, 0.6) is 0 Å². The molecular weight excluding hydrogens is 112 g/mol. The highest BCUT2D eigenvalue weighted by Gasteiger charge is 2.09. The summed E-state index contributed by atoms with van der Waals surface area (Å²) in [5.74, 6) is 0. The molecule has 1 nitrogen and oxygen atoms in total. The van der Waals surface area contributed by atoms with E-state index in [0.717, 1.165) is 12.7 Å². The van der Waals surface area contributed by atoms with E-state index in [1.807, 2.05) is 26.0 Å². The number of allylic oxidation sites excluding steroid dienone is 2. The van der Waals surface area contributed by atoms with E-state index >= 15 is 0 Å². The van der Waals surface area contributed by atoms with Gasteiger partial charge in [0.2, 0.25) is 0 Å². The Bertz CT molecular complexity index is 112. The minimum absolute atomic E-state index is 0.268. The summed E-state index contributed by atoms with van der Waals surface area (Å²) in [7, 11) is 0. The fourth-order valence-electron chi connectivity index (χ4n) is 0.461. The highest BCUT2D eigenvalue weighted by molar-refractivity contribution is 5.61. The van der Waals surface area contributed by atoms with Gasteiger partial charge in [-0.25, -0.2) is 0 Å². The zero-order chi connectivity index (χ0) is 7.33. The Morgan fingerprint density at radius 1 is 1.44 bits per heavy atom. The molecule has 0 bridgehead atoms. The van der Waals surface area contributed by atoms with Gasteiger partial charge in [0.1, 0.15) is 6.29 Å². The smallest absolute Gasteiger partial charge is 0.129 e. The maximum atomic E-state index is 10.3. The topological polar surface area (TPSA) is 17.1 Å². The van der Waals surface area contributed by atoms with Crippen LogP contribution in [0.2, 0.25) is 0 Å².